The van der Waals surface area contributed by atoms with E-state index < -0.39 is 0 Å². The molecular formula is C10H16N2O. The molecule has 1 aromatic rings. The zero-order valence-corrected chi connectivity index (χ0v) is 7.78. The molecule has 0 saturated carbocycles. The topological polar surface area (TPSA) is 42.4 Å². The Kier molecular flexibility index (Phi) is 2.66. The van der Waals surface area contributed by atoms with Gasteiger partial charge >= 0.3 is 0 Å². The third-order valence-electron chi connectivity index (χ3n) is 2.50. The fraction of sp³-hybridized carbons (Fsp3) is 0.600. The molecular weight excluding hydrogens is 164 g/mol. The molecule has 13 heavy (non-hydrogen) atoms. The van der Waals surface area contributed by atoms with E-state index in [4.69, 9.17) is 10.2 Å². The van der Waals surface area contributed by atoms with E-state index in [1.54, 1.807) is 6.26 Å². The summed E-state index contributed by atoms with van der Waals surface area (Å²) in [5.41, 5.74) is 5.88. The summed E-state index contributed by atoms with van der Waals surface area (Å²) in [6.07, 6.45) is 4.09. The molecule has 0 aliphatic carbocycles. The maximum Gasteiger partial charge on any atom is 0.117 e. The van der Waals surface area contributed by atoms with E-state index in [-0.39, 0.29) is 0 Å². The lowest BCUT2D eigenvalue weighted by molar-refractivity contribution is 0.188. The molecule has 3 heteroatoms. The number of likely N-dealkylation sites (tertiary alicyclic amines) is 1. The second kappa shape index (κ2) is 3.94. The van der Waals surface area contributed by atoms with Gasteiger partial charge in [-0.3, -0.25) is 4.90 Å². The number of nitrogens with two attached hydrogens (primary N) is 1. The third kappa shape index (κ3) is 2.32. The van der Waals surface area contributed by atoms with Gasteiger partial charge in [-0.05, 0) is 31.5 Å². The smallest absolute Gasteiger partial charge is 0.117 e. The highest BCUT2D eigenvalue weighted by Gasteiger charge is 2.16. The number of nitrogens with zero attached hydrogens (tertiary/aromatic N) is 1. The quantitative estimate of drug-likeness (QED) is 0.743. The van der Waals surface area contributed by atoms with E-state index >= 15 is 0 Å². The molecule has 2 heterocycles. The van der Waals surface area contributed by atoms with Gasteiger partial charge in [0, 0.05) is 12.6 Å². The lowest BCUT2D eigenvalue weighted by Crippen LogP contribution is -2.42. The molecule has 1 aliphatic rings. The number of hydrogen-bond donors (Lipinski definition) is 1. The van der Waals surface area contributed by atoms with Crippen molar-refractivity contribution in [1.29, 1.82) is 0 Å². The van der Waals surface area contributed by atoms with Gasteiger partial charge in [-0.15, -0.1) is 0 Å². The highest BCUT2D eigenvalue weighted by Crippen LogP contribution is 2.12. The number of rotatable bonds is 2. The van der Waals surface area contributed by atoms with Crippen LogP contribution in [0, 0.1) is 0 Å². The summed E-state index contributed by atoms with van der Waals surface area (Å²) < 4.78 is 5.29. The molecule has 3 nitrogen and oxygen atoms in total. The van der Waals surface area contributed by atoms with Crippen LogP contribution in [-0.4, -0.2) is 24.0 Å². The molecule has 1 aliphatic heterocycles. The summed E-state index contributed by atoms with van der Waals surface area (Å²) in [7, 11) is 0. The molecule has 72 valence electrons. The summed E-state index contributed by atoms with van der Waals surface area (Å²) in [6, 6.07) is 4.29. The van der Waals surface area contributed by atoms with E-state index in [0.717, 1.165) is 31.8 Å². The Hall–Kier alpha value is -0.800. The highest BCUT2D eigenvalue weighted by molar-refractivity contribution is 4.98. The Morgan fingerprint density at radius 2 is 2.54 bits per heavy atom. The average Bonchev–Trinajstić information content (AvgIpc) is 2.57. The van der Waals surface area contributed by atoms with Crippen LogP contribution in [-0.2, 0) is 6.54 Å². The van der Waals surface area contributed by atoms with Crippen LogP contribution in [0.3, 0.4) is 0 Å². The first-order chi connectivity index (χ1) is 6.34. The van der Waals surface area contributed by atoms with Crippen LogP contribution in [0.1, 0.15) is 18.6 Å². The van der Waals surface area contributed by atoms with E-state index in [1.165, 1.54) is 6.42 Å². The van der Waals surface area contributed by atoms with E-state index in [9.17, 15) is 0 Å². The van der Waals surface area contributed by atoms with Crippen LogP contribution in [0.4, 0.5) is 0 Å². The lowest BCUT2D eigenvalue weighted by atomic mass is 10.1. The van der Waals surface area contributed by atoms with Crippen molar-refractivity contribution in [1.82, 2.24) is 4.90 Å². The molecule has 1 atom stereocenters. The molecule has 1 fully saturated rings. The fourth-order valence-corrected chi connectivity index (χ4v) is 1.86. The Balaban J connectivity index is 1.87. The molecule has 1 aromatic heterocycles. The summed E-state index contributed by atoms with van der Waals surface area (Å²) >= 11 is 0. The van der Waals surface area contributed by atoms with Gasteiger partial charge < -0.3 is 10.2 Å². The standard InChI is InChI=1S/C10H16N2O/c11-9-3-1-5-12(7-9)8-10-4-2-6-13-10/h2,4,6,9H,1,3,5,7-8,11H2. The third-order valence-corrected chi connectivity index (χ3v) is 2.50. The SMILES string of the molecule is NC1CCCN(Cc2ccco2)C1. The Morgan fingerprint density at radius 1 is 1.62 bits per heavy atom. The van der Waals surface area contributed by atoms with Crippen molar-refractivity contribution in [3.8, 4) is 0 Å². The van der Waals surface area contributed by atoms with Gasteiger partial charge in [0.1, 0.15) is 5.76 Å². The second-order valence-corrected chi connectivity index (χ2v) is 3.72. The van der Waals surface area contributed by atoms with Crippen LogP contribution in [0.5, 0.6) is 0 Å². The predicted molar refractivity (Wildman–Crippen MR) is 51.2 cm³/mol. The van der Waals surface area contributed by atoms with E-state index in [0.29, 0.717) is 6.04 Å². The van der Waals surface area contributed by atoms with Gasteiger partial charge in [0.05, 0.1) is 12.8 Å². The van der Waals surface area contributed by atoms with Crippen LogP contribution >= 0.6 is 0 Å². The zero-order valence-electron chi connectivity index (χ0n) is 7.78. The fourth-order valence-electron chi connectivity index (χ4n) is 1.86. The van der Waals surface area contributed by atoms with Crippen LogP contribution in [0.25, 0.3) is 0 Å². The Morgan fingerprint density at radius 3 is 3.23 bits per heavy atom. The Labute approximate surface area is 78.5 Å². The van der Waals surface area contributed by atoms with Crippen molar-refractivity contribution in [2.75, 3.05) is 13.1 Å². The van der Waals surface area contributed by atoms with Crippen molar-refractivity contribution in [2.45, 2.75) is 25.4 Å². The van der Waals surface area contributed by atoms with Crippen molar-refractivity contribution in [3.63, 3.8) is 0 Å². The van der Waals surface area contributed by atoms with Crippen LogP contribution < -0.4 is 5.73 Å². The van der Waals surface area contributed by atoms with Crippen molar-refractivity contribution >= 4 is 0 Å². The summed E-state index contributed by atoms with van der Waals surface area (Å²) in [5.74, 6) is 1.04. The second-order valence-electron chi connectivity index (χ2n) is 3.72. The normalized spacial score (nSPS) is 24.8. The molecule has 0 amide bonds. The minimum atomic E-state index is 0.351. The molecule has 0 spiro atoms. The van der Waals surface area contributed by atoms with Crippen molar-refractivity contribution in [3.05, 3.63) is 24.2 Å². The number of furan rings is 1. The minimum Gasteiger partial charge on any atom is -0.468 e. The molecule has 1 unspecified atom stereocenters. The largest absolute Gasteiger partial charge is 0.468 e. The first kappa shape index (κ1) is 8.78. The molecule has 0 aromatic carbocycles. The molecule has 0 bridgehead atoms. The summed E-state index contributed by atoms with van der Waals surface area (Å²) in [4.78, 5) is 2.35. The lowest BCUT2D eigenvalue weighted by Gasteiger charge is -2.29. The van der Waals surface area contributed by atoms with Gasteiger partial charge in [0.15, 0.2) is 0 Å². The first-order valence-electron chi connectivity index (χ1n) is 4.85. The average molecular weight is 180 g/mol. The minimum absolute atomic E-state index is 0.351. The molecule has 2 rings (SSSR count). The molecule has 2 N–H and O–H groups in total. The van der Waals surface area contributed by atoms with Gasteiger partial charge in [0.25, 0.3) is 0 Å². The predicted octanol–water partition coefficient (Wildman–Crippen LogP) is 1.20. The van der Waals surface area contributed by atoms with Crippen LogP contribution in [0.2, 0.25) is 0 Å². The Bertz CT molecular complexity index is 245. The summed E-state index contributed by atoms with van der Waals surface area (Å²) in [6.45, 7) is 3.05. The summed E-state index contributed by atoms with van der Waals surface area (Å²) in [5, 5.41) is 0. The van der Waals surface area contributed by atoms with E-state index in [1.807, 2.05) is 12.1 Å². The van der Waals surface area contributed by atoms with Gasteiger partial charge in [0.2, 0.25) is 0 Å². The maximum atomic E-state index is 5.88. The van der Waals surface area contributed by atoms with E-state index in [2.05, 4.69) is 4.90 Å². The molecule has 1 saturated heterocycles. The van der Waals surface area contributed by atoms with Gasteiger partial charge in [-0.25, -0.2) is 0 Å². The van der Waals surface area contributed by atoms with Gasteiger partial charge in [-0.2, -0.15) is 0 Å². The van der Waals surface area contributed by atoms with Crippen molar-refractivity contribution in [2.24, 2.45) is 5.73 Å². The number of hydrogen-bond acceptors (Lipinski definition) is 3. The monoisotopic (exact) mass is 180 g/mol. The molecule has 0 radical (unpaired) electrons. The van der Waals surface area contributed by atoms with Gasteiger partial charge in [-0.1, -0.05) is 0 Å². The maximum absolute atomic E-state index is 5.88. The van der Waals surface area contributed by atoms with Crippen LogP contribution in [0.15, 0.2) is 22.8 Å². The first-order valence-corrected chi connectivity index (χ1v) is 4.85. The zero-order chi connectivity index (χ0) is 9.10. The van der Waals surface area contributed by atoms with Crippen molar-refractivity contribution < 1.29 is 4.42 Å². The highest BCUT2D eigenvalue weighted by atomic mass is 16.3. The number of piperidine rings is 1.